The van der Waals surface area contributed by atoms with E-state index in [0.717, 1.165) is 13.0 Å². The third kappa shape index (κ3) is 5.27. The molecule has 1 heterocycles. The van der Waals surface area contributed by atoms with Crippen molar-refractivity contribution in [3.63, 3.8) is 0 Å². The van der Waals surface area contributed by atoms with Gasteiger partial charge in [-0.1, -0.05) is 30.3 Å². The van der Waals surface area contributed by atoms with Gasteiger partial charge in [0.15, 0.2) is 0 Å². The molecule has 2 aromatic rings. The molecule has 0 radical (unpaired) electrons. The van der Waals surface area contributed by atoms with E-state index in [4.69, 9.17) is 9.84 Å². The largest absolute Gasteiger partial charge is 0.394 e. The fourth-order valence-corrected chi connectivity index (χ4v) is 2.22. The maximum Gasteiger partial charge on any atom is 0.0697 e. The summed E-state index contributed by atoms with van der Waals surface area (Å²) in [6.07, 6.45) is 4.54. The molecular weight excluding hydrogens is 264 g/mol. The molecule has 4 nitrogen and oxygen atoms in total. The van der Waals surface area contributed by atoms with E-state index in [1.54, 1.807) is 0 Å². The summed E-state index contributed by atoms with van der Waals surface area (Å²) < 4.78 is 5.28. The Labute approximate surface area is 125 Å². The summed E-state index contributed by atoms with van der Waals surface area (Å²) in [7, 11) is 0. The Kier molecular flexibility index (Phi) is 6.88. The Morgan fingerprint density at radius 1 is 1.00 bits per heavy atom. The molecule has 4 heteroatoms. The van der Waals surface area contributed by atoms with E-state index in [2.05, 4.69) is 34.6 Å². The predicted octanol–water partition coefficient (Wildman–Crippen LogP) is 2.16. The van der Waals surface area contributed by atoms with Crippen LogP contribution in [0.4, 0.5) is 0 Å². The van der Waals surface area contributed by atoms with Crippen LogP contribution in [0.15, 0.2) is 54.9 Å². The first-order valence-electron chi connectivity index (χ1n) is 7.28. The normalized spacial score (nSPS) is 12.2. The van der Waals surface area contributed by atoms with E-state index >= 15 is 0 Å². The third-order valence-electron chi connectivity index (χ3n) is 3.22. The maximum absolute atomic E-state index is 8.66. The zero-order valence-corrected chi connectivity index (χ0v) is 12.1. The number of nitrogens with one attached hydrogen (secondary N) is 1. The fourth-order valence-electron chi connectivity index (χ4n) is 2.22. The van der Waals surface area contributed by atoms with E-state index in [1.807, 2.05) is 30.6 Å². The number of aliphatic hydroxyl groups is 1. The van der Waals surface area contributed by atoms with Crippen LogP contribution >= 0.6 is 0 Å². The predicted molar refractivity (Wildman–Crippen MR) is 83.0 cm³/mol. The Hall–Kier alpha value is -1.75. The van der Waals surface area contributed by atoms with Gasteiger partial charge in [-0.05, 0) is 36.2 Å². The number of hydrogen-bond donors (Lipinski definition) is 2. The van der Waals surface area contributed by atoms with Crippen molar-refractivity contribution in [3.05, 3.63) is 66.0 Å². The second-order valence-electron chi connectivity index (χ2n) is 4.77. The summed E-state index contributed by atoms with van der Waals surface area (Å²) in [5.74, 6) is 0. The number of aromatic nitrogens is 1. The summed E-state index contributed by atoms with van der Waals surface area (Å²) in [4.78, 5) is 4.08. The first kappa shape index (κ1) is 15.6. The number of ether oxygens (including phenoxy) is 1. The third-order valence-corrected chi connectivity index (χ3v) is 3.22. The fraction of sp³-hybridized carbons (Fsp3) is 0.353. The number of hydrogen-bond acceptors (Lipinski definition) is 4. The highest BCUT2D eigenvalue weighted by atomic mass is 16.5. The molecule has 1 unspecified atom stereocenters. The van der Waals surface area contributed by atoms with Crippen molar-refractivity contribution in [2.24, 2.45) is 0 Å². The lowest BCUT2D eigenvalue weighted by atomic mass is 9.99. The van der Waals surface area contributed by atoms with E-state index in [9.17, 15) is 0 Å². The van der Waals surface area contributed by atoms with Gasteiger partial charge in [-0.15, -0.1) is 0 Å². The summed E-state index contributed by atoms with van der Waals surface area (Å²) in [6.45, 7) is 2.00. The zero-order chi connectivity index (χ0) is 14.8. The minimum absolute atomic E-state index is 0.0804. The van der Waals surface area contributed by atoms with Gasteiger partial charge >= 0.3 is 0 Å². The van der Waals surface area contributed by atoms with Gasteiger partial charge in [0.2, 0.25) is 0 Å². The van der Waals surface area contributed by atoms with Gasteiger partial charge in [0.05, 0.1) is 19.3 Å². The van der Waals surface area contributed by atoms with Gasteiger partial charge in [-0.25, -0.2) is 0 Å². The monoisotopic (exact) mass is 286 g/mol. The second kappa shape index (κ2) is 9.23. The average Bonchev–Trinajstić information content (AvgIpc) is 2.56. The Morgan fingerprint density at radius 3 is 2.43 bits per heavy atom. The van der Waals surface area contributed by atoms with Gasteiger partial charge < -0.3 is 15.2 Å². The molecule has 112 valence electrons. The quantitative estimate of drug-likeness (QED) is 0.694. The van der Waals surface area contributed by atoms with Crippen LogP contribution in [0.25, 0.3) is 0 Å². The van der Waals surface area contributed by atoms with Crippen molar-refractivity contribution >= 4 is 0 Å². The summed E-state index contributed by atoms with van der Waals surface area (Å²) >= 11 is 0. The molecule has 2 rings (SSSR count). The summed E-state index contributed by atoms with van der Waals surface area (Å²) in [5.41, 5.74) is 2.44. The molecule has 1 aromatic carbocycles. The number of nitrogens with zero attached hydrogens (tertiary/aromatic N) is 1. The van der Waals surface area contributed by atoms with E-state index in [0.29, 0.717) is 13.2 Å². The van der Waals surface area contributed by atoms with Gasteiger partial charge in [0.1, 0.15) is 0 Å². The molecule has 1 atom stereocenters. The number of rotatable bonds is 9. The van der Waals surface area contributed by atoms with Crippen LogP contribution < -0.4 is 5.32 Å². The Morgan fingerprint density at radius 2 is 1.71 bits per heavy atom. The molecule has 0 amide bonds. The van der Waals surface area contributed by atoms with Crippen molar-refractivity contribution in [2.45, 2.75) is 12.5 Å². The molecule has 1 aromatic heterocycles. The van der Waals surface area contributed by atoms with E-state index in [1.165, 1.54) is 11.1 Å². The lowest BCUT2D eigenvalue weighted by Gasteiger charge is -2.19. The highest BCUT2D eigenvalue weighted by Crippen LogP contribution is 2.21. The lowest BCUT2D eigenvalue weighted by Crippen LogP contribution is -2.24. The molecule has 2 N–H and O–H groups in total. The topological polar surface area (TPSA) is 54.4 Å². The van der Waals surface area contributed by atoms with Gasteiger partial charge in [0.25, 0.3) is 0 Å². The van der Waals surface area contributed by atoms with Crippen LogP contribution in [0.3, 0.4) is 0 Å². The minimum atomic E-state index is 0.0804. The van der Waals surface area contributed by atoms with Crippen LogP contribution in [0, 0.1) is 0 Å². The Bertz CT molecular complexity index is 451. The van der Waals surface area contributed by atoms with Crippen molar-refractivity contribution in [3.8, 4) is 0 Å². The van der Waals surface area contributed by atoms with Crippen LogP contribution in [0.1, 0.15) is 23.6 Å². The number of benzene rings is 1. The van der Waals surface area contributed by atoms with Crippen molar-refractivity contribution < 1.29 is 9.84 Å². The van der Waals surface area contributed by atoms with Crippen LogP contribution in [-0.4, -0.2) is 36.5 Å². The highest BCUT2D eigenvalue weighted by molar-refractivity contribution is 5.30. The molecule has 0 spiro atoms. The van der Waals surface area contributed by atoms with E-state index < -0.39 is 0 Å². The number of aliphatic hydroxyl groups excluding tert-OH is 1. The van der Waals surface area contributed by atoms with Crippen LogP contribution in [-0.2, 0) is 4.74 Å². The number of pyridine rings is 1. The second-order valence-corrected chi connectivity index (χ2v) is 4.77. The van der Waals surface area contributed by atoms with Gasteiger partial charge in [-0.3, -0.25) is 4.98 Å². The molecule has 0 aliphatic rings. The maximum atomic E-state index is 8.66. The van der Waals surface area contributed by atoms with Crippen molar-refractivity contribution in [1.29, 1.82) is 0 Å². The lowest BCUT2D eigenvalue weighted by molar-refractivity contribution is 0.0905. The summed E-state index contributed by atoms with van der Waals surface area (Å²) in [5, 5.41) is 12.2. The zero-order valence-electron chi connectivity index (χ0n) is 12.1. The first-order chi connectivity index (χ1) is 10.4. The minimum Gasteiger partial charge on any atom is -0.394 e. The average molecular weight is 286 g/mol. The molecule has 0 saturated carbocycles. The SMILES string of the molecule is OCCOCCCNC(c1ccccc1)c1ccncc1. The molecule has 0 aliphatic heterocycles. The van der Waals surface area contributed by atoms with Crippen LogP contribution in [0.2, 0.25) is 0 Å². The molecule has 21 heavy (non-hydrogen) atoms. The molecule has 0 aliphatic carbocycles. The summed E-state index contributed by atoms with van der Waals surface area (Å²) in [6, 6.07) is 14.6. The molecule has 0 saturated heterocycles. The Balaban J connectivity index is 1.94. The highest BCUT2D eigenvalue weighted by Gasteiger charge is 2.12. The van der Waals surface area contributed by atoms with Crippen molar-refractivity contribution in [1.82, 2.24) is 10.3 Å². The smallest absolute Gasteiger partial charge is 0.0697 e. The van der Waals surface area contributed by atoms with Crippen molar-refractivity contribution in [2.75, 3.05) is 26.4 Å². The molecule has 0 fully saturated rings. The molecular formula is C17H22N2O2. The molecule has 0 bridgehead atoms. The van der Waals surface area contributed by atoms with Gasteiger partial charge in [-0.2, -0.15) is 0 Å². The van der Waals surface area contributed by atoms with Crippen LogP contribution in [0.5, 0.6) is 0 Å². The van der Waals surface area contributed by atoms with E-state index in [-0.39, 0.29) is 12.6 Å². The van der Waals surface area contributed by atoms with Gasteiger partial charge in [0, 0.05) is 19.0 Å². The first-order valence-corrected chi connectivity index (χ1v) is 7.28. The standard InChI is InChI=1S/C17H22N2O2/c20-12-14-21-13-4-9-19-17(15-5-2-1-3-6-15)16-7-10-18-11-8-16/h1-3,5-8,10-11,17,19-20H,4,9,12-14H2.